The van der Waals surface area contributed by atoms with Gasteiger partial charge in [-0.25, -0.2) is 13.2 Å². The lowest BCUT2D eigenvalue weighted by Crippen LogP contribution is -2.54. The van der Waals surface area contributed by atoms with E-state index in [0.717, 1.165) is 18.2 Å². The van der Waals surface area contributed by atoms with Crippen LogP contribution in [0.15, 0.2) is 47.4 Å². The van der Waals surface area contributed by atoms with Crippen LogP contribution in [-0.2, 0) is 24.4 Å². The number of carbonyl (C=O) groups excluding carboxylic acids is 2. The SMILES string of the molecule is CC(C)[C@H](NC(=O)[C@H](CC(=O)NC[C@@H]1CCCN(C(=N)N)C1)NS(=O)(=O)c1ccc2ccccc2c1)C(=O)O. The van der Waals surface area contributed by atoms with Crippen LogP contribution in [0, 0.1) is 17.2 Å². The highest BCUT2D eigenvalue weighted by Gasteiger charge is 2.32. The summed E-state index contributed by atoms with van der Waals surface area (Å²) in [5.41, 5.74) is 5.57. The van der Waals surface area contributed by atoms with E-state index in [0.29, 0.717) is 18.5 Å². The number of fused-ring (bicyclic) bond motifs is 1. The summed E-state index contributed by atoms with van der Waals surface area (Å²) < 4.78 is 28.8. The molecule has 0 aromatic heterocycles. The van der Waals surface area contributed by atoms with Gasteiger partial charge >= 0.3 is 5.97 Å². The molecule has 1 fully saturated rings. The topological polar surface area (TPSA) is 195 Å². The first kappa shape index (κ1) is 29.8. The second-order valence-electron chi connectivity index (χ2n) is 10.1. The summed E-state index contributed by atoms with van der Waals surface area (Å²) in [6.07, 6.45) is 1.09. The van der Waals surface area contributed by atoms with E-state index in [2.05, 4.69) is 15.4 Å². The molecule has 0 unspecified atom stereocenters. The smallest absolute Gasteiger partial charge is 0.326 e. The maximum absolute atomic E-state index is 13.3. The molecule has 3 atom stereocenters. The normalized spacial score (nSPS) is 17.4. The number of aliphatic carboxylic acids is 1. The summed E-state index contributed by atoms with van der Waals surface area (Å²) >= 11 is 0. The molecule has 0 bridgehead atoms. The summed E-state index contributed by atoms with van der Waals surface area (Å²) in [6.45, 7) is 4.64. The minimum atomic E-state index is -4.25. The van der Waals surface area contributed by atoms with Crippen LogP contribution in [0.4, 0.5) is 0 Å². The van der Waals surface area contributed by atoms with E-state index >= 15 is 0 Å². The van der Waals surface area contributed by atoms with Crippen LogP contribution in [0.1, 0.15) is 33.1 Å². The standard InChI is InChI=1S/C26H36N6O6S/c1-16(2)23(25(35)36)30-24(34)21(13-22(33)29-14-17-6-5-11-32(15-17)26(27)28)31-39(37,38)20-10-9-18-7-3-4-8-19(18)12-20/h3-4,7-10,12,16-17,21,23,31H,5-6,11,13-15H2,1-2H3,(H3,27,28)(H,29,33)(H,30,34)(H,35,36)/t17-,21-,23-/m0/s1. The van der Waals surface area contributed by atoms with Crippen molar-refractivity contribution in [3.8, 4) is 0 Å². The van der Waals surface area contributed by atoms with Gasteiger partial charge in [-0.2, -0.15) is 4.72 Å². The van der Waals surface area contributed by atoms with Gasteiger partial charge in [0, 0.05) is 19.6 Å². The largest absolute Gasteiger partial charge is 0.480 e. The van der Waals surface area contributed by atoms with Crippen LogP contribution < -0.4 is 21.1 Å². The van der Waals surface area contributed by atoms with Crippen molar-refractivity contribution in [1.29, 1.82) is 5.41 Å². The summed E-state index contributed by atoms with van der Waals surface area (Å²) in [5.74, 6) is -3.25. The average molecular weight is 561 g/mol. The monoisotopic (exact) mass is 560 g/mol. The van der Waals surface area contributed by atoms with Crippen LogP contribution >= 0.6 is 0 Å². The van der Waals surface area contributed by atoms with E-state index in [1.807, 2.05) is 12.1 Å². The molecule has 0 radical (unpaired) electrons. The number of rotatable bonds is 11. The zero-order valence-corrected chi connectivity index (χ0v) is 22.8. The van der Waals surface area contributed by atoms with Gasteiger partial charge in [0.2, 0.25) is 21.8 Å². The third-order valence-corrected chi connectivity index (χ3v) is 8.18. The van der Waals surface area contributed by atoms with Crippen molar-refractivity contribution in [3.05, 3.63) is 42.5 Å². The number of amides is 2. The van der Waals surface area contributed by atoms with Crippen molar-refractivity contribution >= 4 is 44.5 Å². The molecule has 39 heavy (non-hydrogen) atoms. The Kier molecular flexibility index (Phi) is 9.86. The number of carboxylic acids is 1. The molecule has 0 spiro atoms. The molecule has 13 heteroatoms. The molecule has 1 saturated heterocycles. The average Bonchev–Trinajstić information content (AvgIpc) is 2.89. The van der Waals surface area contributed by atoms with Crippen molar-refractivity contribution in [3.63, 3.8) is 0 Å². The lowest BCUT2D eigenvalue weighted by Gasteiger charge is -2.33. The van der Waals surface area contributed by atoms with Crippen molar-refractivity contribution in [2.24, 2.45) is 17.6 Å². The molecule has 12 nitrogen and oxygen atoms in total. The van der Waals surface area contributed by atoms with E-state index in [1.54, 1.807) is 36.9 Å². The zero-order valence-electron chi connectivity index (χ0n) is 22.0. The molecule has 3 rings (SSSR count). The van der Waals surface area contributed by atoms with Crippen LogP contribution in [0.25, 0.3) is 10.8 Å². The molecular formula is C26H36N6O6S. The highest BCUT2D eigenvalue weighted by atomic mass is 32.2. The number of carbonyl (C=O) groups is 3. The third-order valence-electron chi connectivity index (χ3n) is 6.71. The summed E-state index contributed by atoms with van der Waals surface area (Å²) in [5, 5.41) is 23.7. The van der Waals surface area contributed by atoms with Gasteiger partial charge in [0.05, 0.1) is 11.3 Å². The number of sulfonamides is 1. The Labute approximate surface area is 227 Å². The van der Waals surface area contributed by atoms with E-state index in [-0.39, 0.29) is 23.3 Å². The summed E-state index contributed by atoms with van der Waals surface area (Å²) in [6, 6.07) is 8.86. The summed E-state index contributed by atoms with van der Waals surface area (Å²) in [4.78, 5) is 39.2. The van der Waals surface area contributed by atoms with Crippen molar-refractivity contribution in [1.82, 2.24) is 20.3 Å². The maximum Gasteiger partial charge on any atom is 0.326 e. The highest BCUT2D eigenvalue weighted by molar-refractivity contribution is 7.89. The number of carboxylic acid groups (broad SMARTS) is 1. The fourth-order valence-electron chi connectivity index (χ4n) is 4.51. The molecule has 1 heterocycles. The lowest BCUT2D eigenvalue weighted by molar-refractivity contribution is -0.143. The quantitative estimate of drug-likeness (QED) is 0.172. The molecule has 0 aliphatic carbocycles. The molecule has 2 aromatic carbocycles. The molecule has 2 aromatic rings. The number of nitrogens with two attached hydrogens (primary N) is 1. The predicted molar refractivity (Wildman–Crippen MR) is 146 cm³/mol. The van der Waals surface area contributed by atoms with Gasteiger partial charge in [0.1, 0.15) is 12.1 Å². The molecule has 2 amide bonds. The van der Waals surface area contributed by atoms with Gasteiger partial charge in [0.15, 0.2) is 5.96 Å². The van der Waals surface area contributed by atoms with E-state index in [4.69, 9.17) is 11.1 Å². The van der Waals surface area contributed by atoms with Crippen LogP contribution in [0.2, 0.25) is 0 Å². The first-order valence-electron chi connectivity index (χ1n) is 12.8. The first-order valence-corrected chi connectivity index (χ1v) is 14.3. The van der Waals surface area contributed by atoms with Crippen molar-refractivity contribution in [2.45, 2.75) is 50.1 Å². The molecule has 212 valence electrons. The second-order valence-corrected chi connectivity index (χ2v) is 11.8. The number of piperidine rings is 1. The zero-order chi connectivity index (χ0) is 28.7. The Balaban J connectivity index is 1.76. The minimum absolute atomic E-state index is 0.0329. The van der Waals surface area contributed by atoms with Crippen molar-refractivity contribution < 1.29 is 27.9 Å². The number of hydrogen-bond donors (Lipinski definition) is 6. The van der Waals surface area contributed by atoms with E-state index in [1.165, 1.54) is 12.1 Å². The Hall–Kier alpha value is -3.71. The molecule has 0 saturated carbocycles. The first-order chi connectivity index (χ1) is 18.4. The number of benzene rings is 2. The number of nitrogens with zero attached hydrogens (tertiary/aromatic N) is 1. The predicted octanol–water partition coefficient (Wildman–Crippen LogP) is 0.824. The Morgan fingerprint density at radius 1 is 1.15 bits per heavy atom. The lowest BCUT2D eigenvalue weighted by atomic mass is 9.98. The Bertz CT molecular complexity index is 1330. The highest BCUT2D eigenvalue weighted by Crippen LogP contribution is 2.20. The molecule has 7 N–H and O–H groups in total. The van der Waals surface area contributed by atoms with Gasteiger partial charge in [-0.15, -0.1) is 0 Å². The Morgan fingerprint density at radius 2 is 1.85 bits per heavy atom. The van der Waals surface area contributed by atoms with Gasteiger partial charge in [-0.3, -0.25) is 15.0 Å². The van der Waals surface area contributed by atoms with Gasteiger partial charge in [-0.05, 0) is 47.6 Å². The molecular weight excluding hydrogens is 524 g/mol. The number of hydrogen-bond acceptors (Lipinski definition) is 6. The van der Waals surface area contributed by atoms with Crippen molar-refractivity contribution in [2.75, 3.05) is 19.6 Å². The van der Waals surface area contributed by atoms with Gasteiger partial charge in [0.25, 0.3) is 0 Å². The Morgan fingerprint density at radius 3 is 2.49 bits per heavy atom. The van der Waals surface area contributed by atoms with Gasteiger partial charge < -0.3 is 26.4 Å². The molecule has 1 aliphatic rings. The minimum Gasteiger partial charge on any atom is -0.480 e. The summed E-state index contributed by atoms with van der Waals surface area (Å²) in [7, 11) is -4.25. The number of guanidine groups is 1. The van der Waals surface area contributed by atoms with E-state index in [9.17, 15) is 27.9 Å². The van der Waals surface area contributed by atoms with Crippen LogP contribution in [0.5, 0.6) is 0 Å². The van der Waals surface area contributed by atoms with Gasteiger partial charge in [-0.1, -0.05) is 44.2 Å². The third kappa shape index (κ3) is 8.14. The maximum atomic E-state index is 13.3. The number of nitrogens with one attached hydrogen (secondary N) is 4. The van der Waals surface area contributed by atoms with E-state index < -0.39 is 52.2 Å². The fraction of sp³-hybridized carbons (Fsp3) is 0.462. The number of likely N-dealkylation sites (tertiary alicyclic amines) is 1. The van der Waals surface area contributed by atoms with Crippen LogP contribution in [0.3, 0.4) is 0 Å². The van der Waals surface area contributed by atoms with Crippen LogP contribution in [-0.4, -0.2) is 73.9 Å². The second kappa shape index (κ2) is 12.9. The molecule has 1 aliphatic heterocycles. The fourth-order valence-corrected chi connectivity index (χ4v) is 5.74.